The molecule has 5 nitrogen and oxygen atoms in total. The van der Waals surface area contributed by atoms with E-state index in [1.807, 2.05) is 31.2 Å². The van der Waals surface area contributed by atoms with E-state index in [9.17, 15) is 9.59 Å². The summed E-state index contributed by atoms with van der Waals surface area (Å²) in [5.41, 5.74) is 1.13. The van der Waals surface area contributed by atoms with Gasteiger partial charge in [0.25, 0.3) is 5.91 Å². The standard InChI is InChI=1S/C15H17NO4/c1-3-9-16-14(17)11-20-15(18)8-10-19-13-6-4-12(2)5-7-13/h1,4-7H,8-11H2,2H3,(H,16,17). The fourth-order valence-corrected chi connectivity index (χ4v) is 1.31. The zero-order chi connectivity index (χ0) is 14.8. The van der Waals surface area contributed by atoms with E-state index in [4.69, 9.17) is 15.9 Å². The normalized spacial score (nSPS) is 9.40. The molecule has 5 heteroatoms. The van der Waals surface area contributed by atoms with Crippen LogP contribution in [-0.4, -0.2) is 31.6 Å². The molecule has 106 valence electrons. The molecule has 1 aromatic carbocycles. The molecular weight excluding hydrogens is 258 g/mol. The van der Waals surface area contributed by atoms with E-state index >= 15 is 0 Å². The van der Waals surface area contributed by atoms with Crippen LogP contribution in [0.3, 0.4) is 0 Å². The first kappa shape index (κ1) is 15.6. The number of hydrogen-bond acceptors (Lipinski definition) is 4. The van der Waals surface area contributed by atoms with Crippen molar-refractivity contribution in [1.29, 1.82) is 0 Å². The van der Waals surface area contributed by atoms with Gasteiger partial charge < -0.3 is 14.8 Å². The summed E-state index contributed by atoms with van der Waals surface area (Å²) in [6.45, 7) is 1.97. The molecule has 0 radical (unpaired) electrons. The van der Waals surface area contributed by atoms with Crippen LogP contribution in [0.15, 0.2) is 24.3 Å². The lowest BCUT2D eigenvalue weighted by Crippen LogP contribution is -2.29. The van der Waals surface area contributed by atoms with Gasteiger partial charge in [0.1, 0.15) is 5.75 Å². The molecule has 0 saturated carbocycles. The second kappa shape index (κ2) is 8.59. The molecule has 0 aromatic heterocycles. The molecule has 0 saturated heterocycles. The van der Waals surface area contributed by atoms with Crippen molar-refractivity contribution in [1.82, 2.24) is 5.32 Å². The van der Waals surface area contributed by atoms with Crippen LogP contribution in [0.1, 0.15) is 12.0 Å². The minimum Gasteiger partial charge on any atom is -0.493 e. The number of carbonyl (C=O) groups is 2. The Morgan fingerprint density at radius 3 is 2.65 bits per heavy atom. The van der Waals surface area contributed by atoms with Gasteiger partial charge in [0, 0.05) is 0 Å². The summed E-state index contributed by atoms with van der Waals surface area (Å²) in [6, 6.07) is 7.49. The minimum atomic E-state index is -0.493. The second-order valence-electron chi connectivity index (χ2n) is 4.05. The lowest BCUT2D eigenvalue weighted by atomic mass is 10.2. The maximum absolute atomic E-state index is 11.3. The van der Waals surface area contributed by atoms with E-state index in [0.29, 0.717) is 5.75 Å². The van der Waals surface area contributed by atoms with E-state index in [1.165, 1.54) is 0 Å². The molecule has 0 aliphatic rings. The summed E-state index contributed by atoms with van der Waals surface area (Å²) in [6.07, 6.45) is 5.05. The molecular formula is C15H17NO4. The molecule has 0 bridgehead atoms. The number of benzene rings is 1. The predicted octanol–water partition coefficient (Wildman–Crippen LogP) is 1.06. The summed E-state index contributed by atoms with van der Waals surface area (Å²) in [5.74, 6) is 2.03. The van der Waals surface area contributed by atoms with Crippen molar-refractivity contribution in [2.24, 2.45) is 0 Å². The highest BCUT2D eigenvalue weighted by Crippen LogP contribution is 2.11. The van der Waals surface area contributed by atoms with Gasteiger partial charge in [-0.25, -0.2) is 0 Å². The number of hydrogen-bond donors (Lipinski definition) is 1. The van der Waals surface area contributed by atoms with E-state index < -0.39 is 11.9 Å². The Morgan fingerprint density at radius 1 is 1.30 bits per heavy atom. The van der Waals surface area contributed by atoms with Crippen molar-refractivity contribution in [2.75, 3.05) is 19.8 Å². The zero-order valence-electron chi connectivity index (χ0n) is 11.3. The number of carbonyl (C=O) groups excluding carboxylic acids is 2. The Morgan fingerprint density at radius 2 is 2.00 bits per heavy atom. The van der Waals surface area contributed by atoms with Crippen molar-refractivity contribution in [3.8, 4) is 18.1 Å². The van der Waals surface area contributed by atoms with E-state index in [-0.39, 0.29) is 26.2 Å². The highest BCUT2D eigenvalue weighted by molar-refractivity contribution is 5.80. The Balaban J connectivity index is 2.15. The van der Waals surface area contributed by atoms with Crippen LogP contribution in [0.2, 0.25) is 0 Å². The molecule has 0 fully saturated rings. The van der Waals surface area contributed by atoms with E-state index in [1.54, 1.807) is 0 Å². The first-order valence-electron chi connectivity index (χ1n) is 6.17. The van der Waals surface area contributed by atoms with Crippen LogP contribution in [0, 0.1) is 19.3 Å². The molecule has 0 atom stereocenters. The summed E-state index contributed by atoms with van der Waals surface area (Å²) >= 11 is 0. The van der Waals surface area contributed by atoms with Crippen LogP contribution >= 0.6 is 0 Å². The number of esters is 1. The monoisotopic (exact) mass is 275 g/mol. The van der Waals surface area contributed by atoms with Crippen molar-refractivity contribution in [2.45, 2.75) is 13.3 Å². The van der Waals surface area contributed by atoms with Gasteiger partial charge >= 0.3 is 5.97 Å². The second-order valence-corrected chi connectivity index (χ2v) is 4.05. The van der Waals surface area contributed by atoms with Gasteiger partial charge in [-0.1, -0.05) is 23.6 Å². The molecule has 1 N–H and O–H groups in total. The Kier molecular flexibility index (Phi) is 6.69. The first-order chi connectivity index (χ1) is 9.61. The summed E-state index contributed by atoms with van der Waals surface area (Å²) in [4.78, 5) is 22.5. The molecule has 20 heavy (non-hydrogen) atoms. The first-order valence-corrected chi connectivity index (χ1v) is 6.17. The highest BCUT2D eigenvalue weighted by Gasteiger charge is 2.07. The number of nitrogens with one attached hydrogen (secondary N) is 1. The average molecular weight is 275 g/mol. The van der Waals surface area contributed by atoms with Gasteiger partial charge in [-0.3, -0.25) is 9.59 Å². The largest absolute Gasteiger partial charge is 0.493 e. The molecule has 0 spiro atoms. The highest BCUT2D eigenvalue weighted by atomic mass is 16.5. The number of ether oxygens (including phenoxy) is 2. The summed E-state index contributed by atoms with van der Waals surface area (Å²) in [5, 5.41) is 2.39. The lowest BCUT2D eigenvalue weighted by Gasteiger charge is -2.07. The molecule has 1 amide bonds. The molecule has 0 aliphatic carbocycles. The third kappa shape index (κ3) is 6.45. The minimum absolute atomic E-state index is 0.0797. The van der Waals surface area contributed by atoms with Gasteiger partial charge in [-0.15, -0.1) is 6.42 Å². The van der Waals surface area contributed by atoms with E-state index in [0.717, 1.165) is 5.56 Å². The van der Waals surface area contributed by atoms with Gasteiger partial charge in [0.15, 0.2) is 6.61 Å². The molecule has 0 unspecified atom stereocenters. The van der Waals surface area contributed by atoms with Crippen molar-refractivity contribution < 1.29 is 19.1 Å². The number of rotatable bonds is 7. The SMILES string of the molecule is C#CCNC(=O)COC(=O)CCOc1ccc(C)cc1. The maximum Gasteiger partial charge on any atom is 0.309 e. The van der Waals surface area contributed by atoms with Crippen LogP contribution in [0.4, 0.5) is 0 Å². The Bertz CT molecular complexity index is 488. The predicted molar refractivity (Wildman–Crippen MR) is 74.1 cm³/mol. The van der Waals surface area contributed by atoms with Crippen LogP contribution in [0.5, 0.6) is 5.75 Å². The van der Waals surface area contributed by atoms with Crippen molar-refractivity contribution in [3.63, 3.8) is 0 Å². The van der Waals surface area contributed by atoms with Gasteiger partial charge in [-0.2, -0.15) is 0 Å². The zero-order valence-corrected chi connectivity index (χ0v) is 11.3. The fourth-order valence-electron chi connectivity index (χ4n) is 1.31. The number of amides is 1. The molecule has 0 aliphatic heterocycles. The van der Waals surface area contributed by atoms with E-state index in [2.05, 4.69) is 11.2 Å². The van der Waals surface area contributed by atoms with Gasteiger partial charge in [0.05, 0.1) is 19.6 Å². The molecule has 0 heterocycles. The third-order valence-electron chi connectivity index (χ3n) is 2.35. The summed E-state index contributed by atoms with van der Waals surface area (Å²) in [7, 11) is 0. The van der Waals surface area contributed by atoms with Crippen molar-refractivity contribution >= 4 is 11.9 Å². The van der Waals surface area contributed by atoms with Crippen LogP contribution in [-0.2, 0) is 14.3 Å². The maximum atomic E-state index is 11.3. The third-order valence-corrected chi connectivity index (χ3v) is 2.35. The Hall–Kier alpha value is -2.48. The number of aryl methyl sites for hydroxylation is 1. The average Bonchev–Trinajstić information content (AvgIpc) is 2.45. The summed E-state index contributed by atoms with van der Waals surface area (Å²) < 4.78 is 10.1. The van der Waals surface area contributed by atoms with Crippen LogP contribution in [0.25, 0.3) is 0 Å². The fraction of sp³-hybridized carbons (Fsp3) is 0.333. The lowest BCUT2D eigenvalue weighted by molar-refractivity contribution is -0.148. The van der Waals surface area contributed by atoms with Crippen LogP contribution < -0.4 is 10.1 Å². The Labute approximate surface area is 118 Å². The van der Waals surface area contributed by atoms with Crippen molar-refractivity contribution in [3.05, 3.63) is 29.8 Å². The number of terminal acetylenes is 1. The molecule has 1 aromatic rings. The van der Waals surface area contributed by atoms with Gasteiger partial charge in [-0.05, 0) is 19.1 Å². The van der Waals surface area contributed by atoms with Gasteiger partial charge in [0.2, 0.25) is 0 Å². The molecule has 1 rings (SSSR count). The topological polar surface area (TPSA) is 64.6 Å². The smallest absolute Gasteiger partial charge is 0.309 e. The quantitative estimate of drug-likeness (QED) is 0.597.